The van der Waals surface area contributed by atoms with Crippen molar-refractivity contribution < 1.29 is 9.21 Å². The van der Waals surface area contributed by atoms with Gasteiger partial charge in [0.05, 0.1) is 11.1 Å². The fourth-order valence-corrected chi connectivity index (χ4v) is 3.77. The number of amides is 1. The van der Waals surface area contributed by atoms with Gasteiger partial charge in [0.15, 0.2) is 16.3 Å². The zero-order chi connectivity index (χ0) is 19.8. The quantitative estimate of drug-likeness (QED) is 0.529. The molecule has 6 heteroatoms. The van der Waals surface area contributed by atoms with Gasteiger partial charge in [0, 0.05) is 17.0 Å². The van der Waals surface area contributed by atoms with Crippen molar-refractivity contribution in [3.8, 4) is 11.3 Å². The Balaban J connectivity index is 1.62. The molecule has 4 rings (SSSR count). The molecule has 0 radical (unpaired) electrons. The minimum atomic E-state index is -0.499. The lowest BCUT2D eigenvalue weighted by Crippen LogP contribution is -2.14. The summed E-state index contributed by atoms with van der Waals surface area (Å²) in [6, 6.07) is 12.3. The first-order valence-corrected chi connectivity index (χ1v) is 9.68. The van der Waals surface area contributed by atoms with Crippen LogP contribution in [0.25, 0.3) is 22.2 Å². The summed E-state index contributed by atoms with van der Waals surface area (Å²) in [6.45, 7) is 6.19. The van der Waals surface area contributed by atoms with Crippen LogP contribution < -0.4 is 10.7 Å². The molecular formula is C22H18N2O3S. The van der Waals surface area contributed by atoms with Gasteiger partial charge in [-0.05, 0) is 55.7 Å². The van der Waals surface area contributed by atoms with Gasteiger partial charge < -0.3 is 4.42 Å². The highest BCUT2D eigenvalue weighted by molar-refractivity contribution is 7.14. The van der Waals surface area contributed by atoms with Crippen LogP contribution in [-0.2, 0) is 0 Å². The predicted octanol–water partition coefficient (Wildman–Crippen LogP) is 5.09. The average Bonchev–Trinajstić information content (AvgIpc) is 3.13. The first-order valence-electron chi connectivity index (χ1n) is 8.80. The summed E-state index contributed by atoms with van der Waals surface area (Å²) in [5.41, 5.74) is 5.53. The summed E-state index contributed by atoms with van der Waals surface area (Å²) in [5, 5.41) is 5.53. The van der Waals surface area contributed by atoms with E-state index in [1.807, 2.05) is 12.3 Å². The van der Waals surface area contributed by atoms with Gasteiger partial charge in [0.25, 0.3) is 5.91 Å². The van der Waals surface area contributed by atoms with Crippen LogP contribution in [0.1, 0.15) is 27.2 Å². The lowest BCUT2D eigenvalue weighted by molar-refractivity contribution is 0.0997. The SMILES string of the molecule is Cc1cc(C)c(-c2csc(NC(=O)c3cc(=O)c4ccccc4o3)n2)cc1C. The highest BCUT2D eigenvalue weighted by Gasteiger charge is 2.15. The molecule has 4 aromatic rings. The molecule has 140 valence electrons. The van der Waals surface area contributed by atoms with Crippen molar-refractivity contribution in [3.63, 3.8) is 0 Å². The predicted molar refractivity (Wildman–Crippen MR) is 112 cm³/mol. The highest BCUT2D eigenvalue weighted by Crippen LogP contribution is 2.29. The Morgan fingerprint density at radius 1 is 1.04 bits per heavy atom. The highest BCUT2D eigenvalue weighted by atomic mass is 32.1. The Hall–Kier alpha value is -3.25. The minimum absolute atomic E-state index is 0.0391. The molecule has 1 amide bonds. The number of fused-ring (bicyclic) bond motifs is 1. The van der Waals surface area contributed by atoms with E-state index in [0.29, 0.717) is 16.1 Å². The lowest BCUT2D eigenvalue weighted by Gasteiger charge is -2.07. The molecule has 0 aliphatic heterocycles. The lowest BCUT2D eigenvalue weighted by atomic mass is 9.99. The van der Waals surface area contributed by atoms with Crippen molar-refractivity contribution in [1.82, 2.24) is 4.98 Å². The molecule has 2 aromatic heterocycles. The fraction of sp³-hybridized carbons (Fsp3) is 0.136. The number of hydrogen-bond acceptors (Lipinski definition) is 5. The second kappa shape index (κ2) is 7.05. The van der Waals surface area contributed by atoms with E-state index < -0.39 is 5.91 Å². The number of nitrogens with one attached hydrogen (secondary N) is 1. The van der Waals surface area contributed by atoms with E-state index in [1.165, 1.54) is 28.5 Å². The number of benzene rings is 2. The minimum Gasteiger partial charge on any atom is -0.451 e. The van der Waals surface area contributed by atoms with Gasteiger partial charge in [0.1, 0.15) is 5.58 Å². The number of carbonyl (C=O) groups is 1. The van der Waals surface area contributed by atoms with E-state index in [0.717, 1.165) is 16.8 Å². The van der Waals surface area contributed by atoms with E-state index in [4.69, 9.17) is 4.42 Å². The third-order valence-corrected chi connectivity index (χ3v) is 5.46. The first kappa shape index (κ1) is 18.1. The normalized spacial score (nSPS) is 11.0. The number of rotatable bonds is 3. The monoisotopic (exact) mass is 390 g/mol. The summed E-state index contributed by atoms with van der Waals surface area (Å²) in [6.07, 6.45) is 0. The molecule has 0 bridgehead atoms. The number of carbonyl (C=O) groups excluding carboxylic acids is 1. The van der Waals surface area contributed by atoms with Gasteiger partial charge in [-0.3, -0.25) is 14.9 Å². The van der Waals surface area contributed by atoms with Crippen LogP contribution in [0, 0.1) is 20.8 Å². The summed E-state index contributed by atoms with van der Waals surface area (Å²) < 4.78 is 5.58. The maximum Gasteiger partial charge on any atom is 0.293 e. The van der Waals surface area contributed by atoms with Crippen LogP contribution in [0.3, 0.4) is 0 Å². The van der Waals surface area contributed by atoms with Crippen molar-refractivity contribution in [2.24, 2.45) is 0 Å². The van der Waals surface area contributed by atoms with Crippen LogP contribution in [-0.4, -0.2) is 10.9 Å². The van der Waals surface area contributed by atoms with E-state index in [9.17, 15) is 9.59 Å². The zero-order valence-corrected chi connectivity index (χ0v) is 16.5. The van der Waals surface area contributed by atoms with Gasteiger partial charge in [-0.25, -0.2) is 4.98 Å². The molecule has 0 saturated heterocycles. The third kappa shape index (κ3) is 3.34. The van der Waals surface area contributed by atoms with Gasteiger partial charge in [-0.2, -0.15) is 0 Å². The molecule has 28 heavy (non-hydrogen) atoms. The zero-order valence-electron chi connectivity index (χ0n) is 15.7. The Labute approximate surface area is 165 Å². The maximum atomic E-state index is 12.5. The molecule has 1 N–H and O–H groups in total. The number of hydrogen-bond donors (Lipinski definition) is 1. The van der Waals surface area contributed by atoms with Crippen molar-refractivity contribution >= 4 is 33.3 Å². The molecule has 0 atom stereocenters. The van der Waals surface area contributed by atoms with E-state index in [-0.39, 0.29) is 11.2 Å². The molecule has 2 aromatic carbocycles. The van der Waals surface area contributed by atoms with Crippen molar-refractivity contribution in [2.75, 3.05) is 5.32 Å². The Kier molecular flexibility index (Phi) is 4.57. The second-order valence-corrected chi connectivity index (χ2v) is 7.57. The Morgan fingerprint density at radius 3 is 2.61 bits per heavy atom. The van der Waals surface area contributed by atoms with E-state index >= 15 is 0 Å². The van der Waals surface area contributed by atoms with Gasteiger partial charge in [0.2, 0.25) is 0 Å². The smallest absolute Gasteiger partial charge is 0.293 e. The summed E-state index contributed by atoms with van der Waals surface area (Å²) in [5.74, 6) is -0.539. The van der Waals surface area contributed by atoms with Crippen LogP contribution >= 0.6 is 11.3 Å². The molecule has 0 aliphatic rings. The standard InChI is InChI=1S/C22H18N2O3S/c1-12-8-14(3)16(9-13(12)2)17-11-28-22(23-17)24-21(26)20-10-18(25)15-6-4-5-7-19(15)27-20/h4-11H,1-3H3,(H,23,24,26). The molecule has 2 heterocycles. The molecule has 5 nitrogen and oxygen atoms in total. The largest absolute Gasteiger partial charge is 0.451 e. The second-order valence-electron chi connectivity index (χ2n) is 6.71. The molecule has 0 fully saturated rings. The average molecular weight is 390 g/mol. The van der Waals surface area contributed by atoms with Crippen molar-refractivity contribution in [3.05, 3.63) is 80.5 Å². The summed E-state index contributed by atoms with van der Waals surface area (Å²) in [7, 11) is 0. The van der Waals surface area contributed by atoms with Gasteiger partial charge in [-0.15, -0.1) is 11.3 Å². The number of thiazole rings is 1. The number of anilines is 1. The molecule has 0 unspecified atom stereocenters. The summed E-state index contributed by atoms with van der Waals surface area (Å²) in [4.78, 5) is 29.3. The number of nitrogens with zero attached hydrogens (tertiary/aromatic N) is 1. The number of aryl methyl sites for hydroxylation is 3. The maximum absolute atomic E-state index is 12.5. The Bertz CT molecular complexity index is 1270. The van der Waals surface area contributed by atoms with E-state index in [1.54, 1.807) is 24.3 Å². The topological polar surface area (TPSA) is 72.2 Å². The number of para-hydroxylation sites is 1. The Morgan fingerprint density at radius 2 is 1.79 bits per heavy atom. The molecule has 0 saturated carbocycles. The van der Waals surface area contributed by atoms with Gasteiger partial charge >= 0.3 is 0 Å². The molecule has 0 spiro atoms. The first-order chi connectivity index (χ1) is 13.4. The third-order valence-electron chi connectivity index (χ3n) is 4.70. The van der Waals surface area contributed by atoms with Crippen molar-refractivity contribution in [2.45, 2.75) is 20.8 Å². The van der Waals surface area contributed by atoms with Crippen LogP contribution in [0.15, 0.2) is 57.1 Å². The van der Waals surface area contributed by atoms with Crippen LogP contribution in [0.5, 0.6) is 0 Å². The van der Waals surface area contributed by atoms with Crippen LogP contribution in [0.4, 0.5) is 5.13 Å². The fourth-order valence-electron chi connectivity index (χ4n) is 3.07. The van der Waals surface area contributed by atoms with Crippen molar-refractivity contribution in [1.29, 1.82) is 0 Å². The van der Waals surface area contributed by atoms with Crippen LogP contribution in [0.2, 0.25) is 0 Å². The van der Waals surface area contributed by atoms with Gasteiger partial charge in [-0.1, -0.05) is 18.2 Å². The summed E-state index contributed by atoms with van der Waals surface area (Å²) >= 11 is 1.33. The van der Waals surface area contributed by atoms with E-state index in [2.05, 4.69) is 36.3 Å². The molecule has 0 aliphatic carbocycles. The number of aromatic nitrogens is 1. The molecular weight excluding hydrogens is 372 g/mol.